The first-order valence-corrected chi connectivity index (χ1v) is 9.60. The average Bonchev–Trinajstić information content (AvgIpc) is 2.61. The van der Waals surface area contributed by atoms with Gasteiger partial charge in [-0.2, -0.15) is 4.31 Å². The predicted molar refractivity (Wildman–Crippen MR) is 100 cm³/mol. The Kier molecular flexibility index (Phi) is 4.64. The van der Waals surface area contributed by atoms with E-state index in [1.165, 1.54) is 54.4 Å². The summed E-state index contributed by atoms with van der Waals surface area (Å²) in [4.78, 5) is 25.5. The molecule has 26 heavy (non-hydrogen) atoms. The van der Waals surface area contributed by atoms with Crippen LogP contribution in [-0.4, -0.2) is 27.4 Å². The highest BCUT2D eigenvalue weighted by Gasteiger charge is 2.41. The fraction of sp³-hybridized carbons (Fsp3) is 0.176. The zero-order valence-corrected chi connectivity index (χ0v) is 15.6. The number of halogens is 1. The summed E-state index contributed by atoms with van der Waals surface area (Å²) in [5, 5.41) is 3.08. The Bertz CT molecular complexity index is 990. The van der Waals surface area contributed by atoms with Crippen molar-refractivity contribution < 1.29 is 18.0 Å². The van der Waals surface area contributed by atoms with Crippen LogP contribution in [-0.2, 0) is 14.8 Å². The highest BCUT2D eigenvalue weighted by atomic mass is 35.5. The summed E-state index contributed by atoms with van der Waals surface area (Å²) in [6.07, 6.45) is 0.286. The van der Waals surface area contributed by atoms with Crippen LogP contribution in [0.3, 0.4) is 0 Å². The molecule has 2 aromatic rings. The Morgan fingerprint density at radius 2 is 1.81 bits per heavy atom. The SMILES string of the molecule is CCC(=O)Nc1ccc2c(c1)N(C)C(=O)N(c1ccc(Cl)cc1)S2(=O)=O. The zero-order valence-electron chi connectivity index (χ0n) is 14.1. The van der Waals surface area contributed by atoms with Crippen LogP contribution >= 0.6 is 11.6 Å². The van der Waals surface area contributed by atoms with Crippen molar-refractivity contribution in [2.75, 3.05) is 21.6 Å². The van der Waals surface area contributed by atoms with Gasteiger partial charge in [0.1, 0.15) is 4.90 Å². The average molecular weight is 394 g/mol. The maximum Gasteiger partial charge on any atom is 0.342 e. The van der Waals surface area contributed by atoms with Crippen LogP contribution < -0.4 is 14.5 Å². The molecule has 1 aliphatic rings. The summed E-state index contributed by atoms with van der Waals surface area (Å²) in [6, 6.07) is 9.57. The van der Waals surface area contributed by atoms with Crippen LogP contribution in [0.5, 0.6) is 0 Å². The Morgan fingerprint density at radius 1 is 1.15 bits per heavy atom. The molecule has 3 amide bonds. The first-order chi connectivity index (χ1) is 12.3. The van der Waals surface area contributed by atoms with E-state index < -0.39 is 16.1 Å². The Morgan fingerprint density at radius 3 is 2.42 bits per heavy atom. The molecule has 2 aromatic carbocycles. The number of urea groups is 1. The van der Waals surface area contributed by atoms with E-state index in [0.717, 1.165) is 4.31 Å². The summed E-state index contributed by atoms with van der Waals surface area (Å²) >= 11 is 5.84. The van der Waals surface area contributed by atoms with Crippen molar-refractivity contribution in [2.45, 2.75) is 18.2 Å². The van der Waals surface area contributed by atoms with Crippen LogP contribution in [0.2, 0.25) is 5.02 Å². The number of hydrogen-bond acceptors (Lipinski definition) is 4. The lowest BCUT2D eigenvalue weighted by atomic mass is 10.2. The van der Waals surface area contributed by atoms with Crippen LogP contribution in [0, 0.1) is 0 Å². The second-order valence-corrected chi connectivity index (χ2v) is 7.86. The normalized spacial score (nSPS) is 15.6. The molecule has 0 unspecified atom stereocenters. The van der Waals surface area contributed by atoms with Crippen molar-refractivity contribution in [1.82, 2.24) is 0 Å². The lowest BCUT2D eigenvalue weighted by molar-refractivity contribution is -0.115. The predicted octanol–water partition coefficient (Wildman–Crippen LogP) is 3.45. The number of fused-ring (bicyclic) bond motifs is 1. The van der Waals surface area contributed by atoms with Crippen LogP contribution in [0.4, 0.5) is 21.9 Å². The molecule has 0 saturated carbocycles. The van der Waals surface area contributed by atoms with Gasteiger partial charge >= 0.3 is 6.03 Å². The summed E-state index contributed by atoms with van der Waals surface area (Å²) in [5.41, 5.74) is 0.819. The molecule has 3 rings (SSSR count). The minimum absolute atomic E-state index is 0.0240. The minimum atomic E-state index is -4.10. The molecule has 1 heterocycles. The molecule has 0 aliphatic carbocycles. The molecule has 1 N–H and O–H groups in total. The summed E-state index contributed by atoms with van der Waals surface area (Å²) in [7, 11) is -2.62. The van der Waals surface area contributed by atoms with E-state index in [9.17, 15) is 18.0 Å². The molecule has 0 fully saturated rings. The van der Waals surface area contributed by atoms with Gasteiger partial charge in [0, 0.05) is 24.2 Å². The molecule has 136 valence electrons. The standard InChI is InChI=1S/C17H16ClN3O4S/c1-3-16(22)19-12-6-9-15-14(10-12)20(2)17(23)21(26(15,24)25)13-7-4-11(18)5-8-13/h4-10H,3H2,1-2H3,(H,19,22). The van der Waals surface area contributed by atoms with Crippen molar-refractivity contribution in [3.05, 3.63) is 47.5 Å². The van der Waals surface area contributed by atoms with E-state index in [1.54, 1.807) is 6.92 Å². The van der Waals surface area contributed by atoms with E-state index in [0.29, 0.717) is 10.7 Å². The molecule has 0 atom stereocenters. The van der Waals surface area contributed by atoms with E-state index in [1.807, 2.05) is 0 Å². The summed E-state index contributed by atoms with van der Waals surface area (Å²) in [6.45, 7) is 1.71. The topological polar surface area (TPSA) is 86.8 Å². The van der Waals surface area contributed by atoms with Crippen LogP contribution in [0.1, 0.15) is 13.3 Å². The number of carbonyl (C=O) groups excluding carboxylic acids is 2. The van der Waals surface area contributed by atoms with Gasteiger partial charge in [-0.15, -0.1) is 0 Å². The van der Waals surface area contributed by atoms with Crippen molar-refractivity contribution in [1.29, 1.82) is 0 Å². The maximum atomic E-state index is 13.0. The third-order valence-corrected chi connectivity index (χ3v) is 5.97. The van der Waals surface area contributed by atoms with Crippen molar-refractivity contribution in [3.8, 4) is 0 Å². The summed E-state index contributed by atoms with van der Waals surface area (Å²) < 4.78 is 26.7. The zero-order chi connectivity index (χ0) is 19.1. The van der Waals surface area contributed by atoms with Gasteiger partial charge in [-0.3, -0.25) is 9.69 Å². The molecule has 0 radical (unpaired) electrons. The van der Waals surface area contributed by atoms with E-state index in [-0.39, 0.29) is 28.6 Å². The first kappa shape index (κ1) is 18.2. The lowest BCUT2D eigenvalue weighted by Crippen LogP contribution is -2.49. The monoisotopic (exact) mass is 393 g/mol. The Labute approximate surface area is 156 Å². The molecule has 0 aromatic heterocycles. The Balaban J connectivity index is 2.10. The quantitative estimate of drug-likeness (QED) is 0.865. The van der Waals surface area contributed by atoms with Gasteiger partial charge in [-0.25, -0.2) is 13.2 Å². The molecule has 7 nitrogen and oxygen atoms in total. The van der Waals surface area contributed by atoms with E-state index in [4.69, 9.17) is 11.6 Å². The van der Waals surface area contributed by atoms with Crippen molar-refractivity contribution in [3.63, 3.8) is 0 Å². The van der Waals surface area contributed by atoms with Gasteiger partial charge < -0.3 is 5.32 Å². The van der Waals surface area contributed by atoms with Gasteiger partial charge in [-0.1, -0.05) is 18.5 Å². The summed E-state index contributed by atoms with van der Waals surface area (Å²) in [5.74, 6) is -0.208. The number of hydrogen-bond donors (Lipinski definition) is 1. The van der Waals surface area contributed by atoms with Gasteiger partial charge in [0.25, 0.3) is 10.0 Å². The molecule has 0 bridgehead atoms. The van der Waals surface area contributed by atoms with Gasteiger partial charge in [0.15, 0.2) is 0 Å². The molecule has 9 heteroatoms. The maximum absolute atomic E-state index is 13.0. The second-order valence-electron chi connectivity index (χ2n) is 5.67. The molecular formula is C17H16ClN3O4S. The molecule has 1 aliphatic heterocycles. The largest absolute Gasteiger partial charge is 0.342 e. The van der Waals surface area contributed by atoms with Crippen molar-refractivity contribution in [2.24, 2.45) is 0 Å². The molecule has 0 saturated heterocycles. The number of carbonyl (C=O) groups is 2. The third-order valence-electron chi connectivity index (χ3n) is 3.97. The smallest absolute Gasteiger partial charge is 0.326 e. The highest BCUT2D eigenvalue weighted by Crippen LogP contribution is 2.38. The third kappa shape index (κ3) is 3.02. The van der Waals surface area contributed by atoms with Crippen LogP contribution in [0.15, 0.2) is 47.4 Å². The lowest BCUT2D eigenvalue weighted by Gasteiger charge is -2.34. The second kappa shape index (κ2) is 6.62. The van der Waals surface area contributed by atoms with Gasteiger partial charge in [0.2, 0.25) is 5.91 Å². The Hall–Kier alpha value is -2.58. The fourth-order valence-corrected chi connectivity index (χ4v) is 4.34. The number of nitrogens with zero attached hydrogens (tertiary/aromatic N) is 2. The number of benzene rings is 2. The van der Waals surface area contributed by atoms with E-state index >= 15 is 0 Å². The van der Waals surface area contributed by atoms with Gasteiger partial charge in [0.05, 0.1) is 11.4 Å². The number of amides is 3. The van der Waals surface area contributed by atoms with Gasteiger partial charge in [-0.05, 0) is 42.5 Å². The van der Waals surface area contributed by atoms with Crippen LogP contribution in [0.25, 0.3) is 0 Å². The molecule has 0 spiro atoms. The first-order valence-electron chi connectivity index (χ1n) is 7.78. The van der Waals surface area contributed by atoms with E-state index in [2.05, 4.69) is 5.32 Å². The number of sulfonamides is 1. The highest BCUT2D eigenvalue weighted by molar-refractivity contribution is 7.94. The van der Waals surface area contributed by atoms with Crippen molar-refractivity contribution >= 4 is 50.6 Å². The molecular weight excluding hydrogens is 378 g/mol. The minimum Gasteiger partial charge on any atom is -0.326 e. The number of rotatable bonds is 3. The fourth-order valence-electron chi connectivity index (χ4n) is 2.59. The number of nitrogens with one attached hydrogen (secondary N) is 1. The number of anilines is 3.